The van der Waals surface area contributed by atoms with Crippen LogP contribution in [0.1, 0.15) is 16.1 Å². The summed E-state index contributed by atoms with van der Waals surface area (Å²) < 4.78 is 4.87. The quantitative estimate of drug-likeness (QED) is 0.703. The van der Waals surface area contributed by atoms with Crippen molar-refractivity contribution in [2.45, 2.75) is 6.54 Å². The Labute approximate surface area is 111 Å². The maximum atomic E-state index is 12.2. The minimum absolute atomic E-state index is 0.210. The van der Waals surface area contributed by atoms with E-state index in [1.54, 1.807) is 6.07 Å². The van der Waals surface area contributed by atoms with Crippen molar-refractivity contribution in [1.29, 1.82) is 0 Å². The van der Waals surface area contributed by atoms with Crippen LogP contribution in [0.2, 0.25) is 0 Å². The second-order valence-corrected chi connectivity index (χ2v) is 3.85. The lowest BCUT2D eigenvalue weighted by Gasteiger charge is -2.20. The van der Waals surface area contributed by atoms with Crippen LogP contribution < -0.4 is 5.73 Å². The predicted molar refractivity (Wildman–Crippen MR) is 67.5 cm³/mol. The summed E-state index contributed by atoms with van der Waals surface area (Å²) in [7, 11) is 1.49. The van der Waals surface area contributed by atoms with E-state index < -0.39 is 5.97 Å². The predicted octanol–water partition coefficient (Wildman–Crippen LogP) is -0.286. The van der Waals surface area contributed by atoms with Crippen LogP contribution in [0.3, 0.4) is 0 Å². The summed E-state index contributed by atoms with van der Waals surface area (Å²) in [6, 6.07) is 3.09. The van der Waals surface area contributed by atoms with E-state index >= 15 is 0 Å². The van der Waals surface area contributed by atoms with Gasteiger partial charge in [0.25, 0.3) is 5.91 Å². The summed E-state index contributed by atoms with van der Waals surface area (Å²) in [4.78, 5) is 28.2. The Bertz CT molecular complexity index is 450. The highest BCUT2D eigenvalue weighted by Crippen LogP contribution is 2.06. The average molecular weight is 267 g/mol. The van der Waals surface area contributed by atoms with Gasteiger partial charge in [0.15, 0.2) is 0 Å². The number of nitrogens with two attached hydrogens (primary N) is 1. The molecule has 0 radical (unpaired) electrons. The first-order valence-electron chi connectivity index (χ1n) is 5.73. The van der Waals surface area contributed by atoms with Crippen molar-refractivity contribution in [3.05, 3.63) is 29.6 Å². The Hall–Kier alpha value is -1.99. The van der Waals surface area contributed by atoms with E-state index in [1.165, 1.54) is 24.3 Å². The van der Waals surface area contributed by atoms with Gasteiger partial charge in [0.2, 0.25) is 0 Å². The average Bonchev–Trinajstić information content (AvgIpc) is 2.42. The molecule has 0 saturated carbocycles. The van der Waals surface area contributed by atoms with E-state index in [4.69, 9.17) is 15.6 Å². The molecule has 0 atom stereocenters. The van der Waals surface area contributed by atoms with Crippen molar-refractivity contribution in [2.24, 2.45) is 5.73 Å². The maximum absolute atomic E-state index is 12.2. The molecule has 0 aliphatic rings. The summed E-state index contributed by atoms with van der Waals surface area (Å²) >= 11 is 0. The van der Waals surface area contributed by atoms with Gasteiger partial charge in [0.05, 0.1) is 12.3 Å². The van der Waals surface area contributed by atoms with Crippen LogP contribution in [0, 0.1) is 0 Å². The molecule has 0 saturated heterocycles. The fraction of sp³-hybridized carbons (Fsp3) is 0.417. The van der Waals surface area contributed by atoms with Crippen LogP contribution in [-0.4, -0.2) is 53.7 Å². The number of carboxylic acids is 1. The van der Waals surface area contributed by atoms with Gasteiger partial charge in [-0.05, 0) is 12.1 Å². The number of rotatable bonds is 7. The number of aromatic nitrogens is 1. The van der Waals surface area contributed by atoms with Gasteiger partial charge in [0, 0.05) is 32.0 Å². The lowest BCUT2D eigenvalue weighted by molar-refractivity contribution is -0.137. The number of aliphatic carboxylic acids is 1. The Morgan fingerprint density at radius 1 is 1.53 bits per heavy atom. The molecule has 1 heterocycles. The minimum atomic E-state index is -1.07. The van der Waals surface area contributed by atoms with Crippen molar-refractivity contribution in [1.82, 2.24) is 9.88 Å². The Kier molecular flexibility index (Phi) is 5.91. The summed E-state index contributed by atoms with van der Waals surface area (Å²) in [5, 5.41) is 8.81. The fourth-order valence-corrected chi connectivity index (χ4v) is 1.52. The Balaban J connectivity index is 2.87. The lowest BCUT2D eigenvalue weighted by Crippen LogP contribution is -2.38. The third-order valence-corrected chi connectivity index (χ3v) is 2.45. The molecule has 0 unspecified atom stereocenters. The summed E-state index contributed by atoms with van der Waals surface area (Å²) in [5.41, 5.74) is 6.40. The number of pyridine rings is 1. The molecule has 0 aliphatic heterocycles. The highest BCUT2D eigenvalue weighted by molar-refractivity contribution is 5.95. The molecule has 7 heteroatoms. The monoisotopic (exact) mass is 267 g/mol. The second-order valence-electron chi connectivity index (χ2n) is 3.85. The third-order valence-electron chi connectivity index (χ3n) is 2.45. The van der Waals surface area contributed by atoms with Gasteiger partial charge < -0.3 is 20.5 Å². The number of hydrogen-bond acceptors (Lipinski definition) is 5. The number of nitrogens with zero attached hydrogens (tertiary/aromatic N) is 2. The molecule has 1 amide bonds. The molecule has 0 aromatic carbocycles. The zero-order valence-electron chi connectivity index (χ0n) is 10.7. The van der Waals surface area contributed by atoms with Crippen LogP contribution in [0.25, 0.3) is 0 Å². The Morgan fingerprint density at radius 3 is 2.84 bits per heavy atom. The van der Waals surface area contributed by atoms with E-state index in [-0.39, 0.29) is 32.1 Å². The first kappa shape index (κ1) is 15.1. The van der Waals surface area contributed by atoms with E-state index in [2.05, 4.69) is 4.98 Å². The van der Waals surface area contributed by atoms with Crippen molar-refractivity contribution in [2.75, 3.05) is 26.8 Å². The number of ether oxygens (including phenoxy) is 1. The highest BCUT2D eigenvalue weighted by atomic mass is 16.5. The smallest absolute Gasteiger partial charge is 0.323 e. The molecule has 0 aliphatic carbocycles. The van der Waals surface area contributed by atoms with Gasteiger partial charge in [-0.2, -0.15) is 0 Å². The van der Waals surface area contributed by atoms with Crippen molar-refractivity contribution < 1.29 is 19.4 Å². The molecule has 3 N–H and O–H groups in total. The van der Waals surface area contributed by atoms with Crippen molar-refractivity contribution >= 4 is 11.9 Å². The minimum Gasteiger partial charge on any atom is -0.480 e. The molecule has 1 aromatic heterocycles. The molecule has 19 heavy (non-hydrogen) atoms. The molecule has 104 valence electrons. The molecule has 7 nitrogen and oxygen atoms in total. The number of amides is 1. The van der Waals surface area contributed by atoms with Gasteiger partial charge in [0.1, 0.15) is 6.54 Å². The second kappa shape index (κ2) is 7.45. The number of carbonyl (C=O) groups is 2. The van der Waals surface area contributed by atoms with Crippen LogP contribution >= 0.6 is 0 Å². The Morgan fingerprint density at radius 2 is 2.26 bits per heavy atom. The maximum Gasteiger partial charge on any atom is 0.323 e. The fourth-order valence-electron chi connectivity index (χ4n) is 1.52. The summed E-state index contributed by atoms with van der Waals surface area (Å²) in [6.07, 6.45) is 1.48. The molecular formula is C12H17N3O4. The third kappa shape index (κ3) is 4.65. The summed E-state index contributed by atoms with van der Waals surface area (Å²) in [6.45, 7) is 0.330. The number of carboxylic acid groups (broad SMARTS) is 1. The standard InChI is InChI=1S/C12H17N3O4/c1-19-5-4-15(8-11(16)17)12(18)9-2-3-14-10(6-9)7-13/h2-3,6H,4-5,7-8,13H2,1H3,(H,16,17). The van der Waals surface area contributed by atoms with Crippen LogP contribution in [0.4, 0.5) is 0 Å². The van der Waals surface area contributed by atoms with E-state index in [9.17, 15) is 9.59 Å². The molecule has 0 fully saturated rings. The molecule has 0 bridgehead atoms. The zero-order valence-corrected chi connectivity index (χ0v) is 10.7. The van der Waals surface area contributed by atoms with E-state index in [1.807, 2.05) is 0 Å². The molecule has 1 rings (SSSR count). The van der Waals surface area contributed by atoms with Gasteiger partial charge in [-0.3, -0.25) is 14.6 Å². The van der Waals surface area contributed by atoms with Crippen LogP contribution in [-0.2, 0) is 16.1 Å². The highest BCUT2D eigenvalue weighted by Gasteiger charge is 2.18. The normalized spacial score (nSPS) is 10.2. The van der Waals surface area contributed by atoms with Gasteiger partial charge in [-0.15, -0.1) is 0 Å². The topological polar surface area (TPSA) is 106 Å². The number of methoxy groups -OCH3 is 1. The van der Waals surface area contributed by atoms with Gasteiger partial charge >= 0.3 is 5.97 Å². The SMILES string of the molecule is COCCN(CC(=O)O)C(=O)c1ccnc(CN)c1. The van der Waals surface area contributed by atoms with Gasteiger partial charge in [-0.25, -0.2) is 0 Å². The largest absolute Gasteiger partial charge is 0.480 e. The molecule has 1 aromatic rings. The van der Waals surface area contributed by atoms with Crippen molar-refractivity contribution in [3.8, 4) is 0 Å². The molecule has 0 spiro atoms. The zero-order chi connectivity index (χ0) is 14.3. The lowest BCUT2D eigenvalue weighted by atomic mass is 10.2. The first-order chi connectivity index (χ1) is 9.08. The first-order valence-corrected chi connectivity index (χ1v) is 5.73. The van der Waals surface area contributed by atoms with Crippen LogP contribution in [0.15, 0.2) is 18.3 Å². The number of hydrogen-bond donors (Lipinski definition) is 2. The van der Waals surface area contributed by atoms with Crippen molar-refractivity contribution in [3.63, 3.8) is 0 Å². The van der Waals surface area contributed by atoms with E-state index in [0.717, 1.165) is 0 Å². The number of carbonyl (C=O) groups excluding carboxylic acids is 1. The summed E-state index contributed by atoms with van der Waals surface area (Å²) in [5.74, 6) is -1.45. The molecular weight excluding hydrogens is 250 g/mol. The van der Waals surface area contributed by atoms with Gasteiger partial charge in [-0.1, -0.05) is 0 Å². The van der Waals surface area contributed by atoms with Crippen LogP contribution in [0.5, 0.6) is 0 Å². The van der Waals surface area contributed by atoms with E-state index in [0.29, 0.717) is 11.3 Å².